The second kappa shape index (κ2) is 2.68. The van der Waals surface area contributed by atoms with Gasteiger partial charge in [0.25, 0.3) is 0 Å². The number of ether oxygens (including phenoxy) is 1. The first-order chi connectivity index (χ1) is 4.67. The van der Waals surface area contributed by atoms with Gasteiger partial charge in [-0.05, 0) is 13.8 Å². The molecule has 0 aliphatic carbocycles. The summed E-state index contributed by atoms with van der Waals surface area (Å²) in [6.45, 7) is 4.01. The second-order valence-electron chi connectivity index (χ2n) is 2.55. The molecule has 1 heterocycles. The van der Waals surface area contributed by atoms with Gasteiger partial charge in [-0.15, -0.1) is 11.3 Å². The Bertz CT molecular complexity index is 193. The van der Waals surface area contributed by atoms with E-state index in [1.54, 1.807) is 24.6 Å². The first-order valence-electron chi connectivity index (χ1n) is 3.12. The molecule has 1 aromatic heterocycles. The molecule has 0 radical (unpaired) electrons. The van der Waals surface area contributed by atoms with Crippen LogP contribution in [0.3, 0.4) is 0 Å². The van der Waals surface area contributed by atoms with Crippen molar-refractivity contribution >= 4 is 11.3 Å². The zero-order chi connectivity index (χ0) is 7.61. The van der Waals surface area contributed by atoms with Gasteiger partial charge in [0.15, 0.2) is 0 Å². The molecule has 2 nitrogen and oxygen atoms in total. The Balaban J connectivity index is 2.85. The summed E-state index contributed by atoms with van der Waals surface area (Å²) in [7, 11) is 1.70. The highest BCUT2D eigenvalue weighted by Crippen LogP contribution is 2.24. The van der Waals surface area contributed by atoms with E-state index in [0.29, 0.717) is 0 Å². The van der Waals surface area contributed by atoms with Gasteiger partial charge in [-0.3, -0.25) is 0 Å². The minimum Gasteiger partial charge on any atom is -0.372 e. The SMILES string of the molecule is COC(C)(C)c1nccs1. The number of methoxy groups -OCH3 is 1. The molecule has 10 heavy (non-hydrogen) atoms. The molecule has 1 aromatic rings. The number of nitrogens with zero attached hydrogens (tertiary/aromatic N) is 1. The molecule has 0 aliphatic heterocycles. The third kappa shape index (κ3) is 1.36. The molecule has 0 spiro atoms. The third-order valence-electron chi connectivity index (χ3n) is 1.46. The van der Waals surface area contributed by atoms with E-state index in [1.165, 1.54) is 0 Å². The van der Waals surface area contributed by atoms with E-state index < -0.39 is 0 Å². The van der Waals surface area contributed by atoms with Gasteiger partial charge in [0, 0.05) is 18.7 Å². The van der Waals surface area contributed by atoms with E-state index in [-0.39, 0.29) is 5.60 Å². The number of hydrogen-bond acceptors (Lipinski definition) is 3. The van der Waals surface area contributed by atoms with Crippen molar-refractivity contribution in [3.63, 3.8) is 0 Å². The molecule has 0 atom stereocenters. The van der Waals surface area contributed by atoms with Crippen molar-refractivity contribution in [3.8, 4) is 0 Å². The van der Waals surface area contributed by atoms with E-state index in [4.69, 9.17) is 4.74 Å². The first-order valence-corrected chi connectivity index (χ1v) is 4.00. The molecule has 0 bridgehead atoms. The summed E-state index contributed by atoms with van der Waals surface area (Å²) in [5, 5.41) is 2.98. The largest absolute Gasteiger partial charge is 0.372 e. The van der Waals surface area contributed by atoms with Crippen LogP contribution in [0.25, 0.3) is 0 Å². The molecular formula is C7H11NOS. The molecule has 0 saturated carbocycles. The normalized spacial score (nSPS) is 11.9. The van der Waals surface area contributed by atoms with Gasteiger partial charge in [-0.25, -0.2) is 4.98 Å². The fourth-order valence-electron chi connectivity index (χ4n) is 0.608. The predicted molar refractivity (Wildman–Crippen MR) is 42.1 cm³/mol. The summed E-state index contributed by atoms with van der Waals surface area (Å²) in [6, 6.07) is 0. The summed E-state index contributed by atoms with van der Waals surface area (Å²) in [5.41, 5.74) is -0.228. The van der Waals surface area contributed by atoms with E-state index >= 15 is 0 Å². The van der Waals surface area contributed by atoms with Crippen LogP contribution < -0.4 is 0 Å². The molecule has 3 heteroatoms. The minimum atomic E-state index is -0.228. The summed E-state index contributed by atoms with van der Waals surface area (Å²) in [6.07, 6.45) is 1.79. The minimum absolute atomic E-state index is 0.228. The van der Waals surface area contributed by atoms with E-state index in [2.05, 4.69) is 4.98 Å². The maximum atomic E-state index is 5.23. The quantitative estimate of drug-likeness (QED) is 0.655. The van der Waals surface area contributed by atoms with E-state index in [0.717, 1.165) is 5.01 Å². The summed E-state index contributed by atoms with van der Waals surface area (Å²) in [4.78, 5) is 4.15. The van der Waals surface area contributed by atoms with Crippen molar-refractivity contribution in [1.82, 2.24) is 4.98 Å². The lowest BCUT2D eigenvalue weighted by Gasteiger charge is -2.19. The van der Waals surface area contributed by atoms with Crippen LogP contribution in [-0.2, 0) is 10.3 Å². The lowest BCUT2D eigenvalue weighted by molar-refractivity contribution is 0.0190. The van der Waals surface area contributed by atoms with Crippen LogP contribution in [0.1, 0.15) is 18.9 Å². The Hall–Kier alpha value is -0.410. The predicted octanol–water partition coefficient (Wildman–Crippen LogP) is 2.02. The average Bonchev–Trinajstić information content (AvgIpc) is 2.38. The standard InChI is InChI=1S/C7H11NOS/c1-7(2,9-3)6-8-4-5-10-6/h4-5H,1-3H3. The topological polar surface area (TPSA) is 22.1 Å². The Morgan fingerprint density at radius 3 is 2.70 bits per heavy atom. The van der Waals surface area contributed by atoms with Crippen LogP contribution in [0.2, 0.25) is 0 Å². The number of hydrogen-bond donors (Lipinski definition) is 0. The lowest BCUT2D eigenvalue weighted by Crippen LogP contribution is -2.18. The molecule has 0 aliphatic rings. The van der Waals surface area contributed by atoms with Crippen LogP contribution in [-0.4, -0.2) is 12.1 Å². The summed E-state index contributed by atoms with van der Waals surface area (Å²) < 4.78 is 5.23. The fourth-order valence-corrected chi connectivity index (χ4v) is 1.35. The molecule has 1 rings (SSSR count). The Morgan fingerprint density at radius 2 is 2.30 bits per heavy atom. The van der Waals surface area contributed by atoms with Crippen molar-refractivity contribution in [2.45, 2.75) is 19.4 Å². The molecular weight excluding hydrogens is 146 g/mol. The maximum absolute atomic E-state index is 5.23. The van der Waals surface area contributed by atoms with Crippen LogP contribution in [0.5, 0.6) is 0 Å². The maximum Gasteiger partial charge on any atom is 0.124 e. The van der Waals surface area contributed by atoms with E-state index in [9.17, 15) is 0 Å². The smallest absolute Gasteiger partial charge is 0.124 e. The van der Waals surface area contributed by atoms with Gasteiger partial charge < -0.3 is 4.74 Å². The van der Waals surface area contributed by atoms with E-state index in [1.807, 2.05) is 19.2 Å². The molecule has 56 valence electrons. The molecule has 0 saturated heterocycles. The first kappa shape index (κ1) is 7.69. The summed E-state index contributed by atoms with van der Waals surface area (Å²) >= 11 is 1.62. The van der Waals surface area contributed by atoms with Crippen LogP contribution in [0.4, 0.5) is 0 Å². The lowest BCUT2D eigenvalue weighted by atomic mass is 10.1. The molecule has 0 fully saturated rings. The second-order valence-corrected chi connectivity index (χ2v) is 3.45. The Labute approximate surface area is 64.9 Å². The average molecular weight is 157 g/mol. The van der Waals surface area contributed by atoms with Crippen LogP contribution >= 0.6 is 11.3 Å². The van der Waals surface area contributed by atoms with Crippen molar-refractivity contribution in [2.24, 2.45) is 0 Å². The van der Waals surface area contributed by atoms with Crippen LogP contribution in [0.15, 0.2) is 11.6 Å². The number of rotatable bonds is 2. The van der Waals surface area contributed by atoms with Gasteiger partial charge in [0.2, 0.25) is 0 Å². The van der Waals surface area contributed by atoms with Gasteiger partial charge in [0.1, 0.15) is 10.6 Å². The molecule has 0 aromatic carbocycles. The van der Waals surface area contributed by atoms with Gasteiger partial charge in [-0.2, -0.15) is 0 Å². The fraction of sp³-hybridized carbons (Fsp3) is 0.571. The van der Waals surface area contributed by atoms with Gasteiger partial charge in [0.05, 0.1) is 0 Å². The van der Waals surface area contributed by atoms with Gasteiger partial charge in [-0.1, -0.05) is 0 Å². The molecule has 0 N–H and O–H groups in total. The van der Waals surface area contributed by atoms with Gasteiger partial charge >= 0.3 is 0 Å². The highest BCUT2D eigenvalue weighted by atomic mass is 32.1. The molecule has 0 amide bonds. The number of aromatic nitrogens is 1. The van der Waals surface area contributed by atoms with Crippen molar-refractivity contribution in [1.29, 1.82) is 0 Å². The van der Waals surface area contributed by atoms with Crippen molar-refractivity contribution in [3.05, 3.63) is 16.6 Å². The Morgan fingerprint density at radius 1 is 1.60 bits per heavy atom. The zero-order valence-electron chi connectivity index (χ0n) is 6.42. The summed E-state index contributed by atoms with van der Waals surface area (Å²) in [5.74, 6) is 0. The monoisotopic (exact) mass is 157 g/mol. The van der Waals surface area contributed by atoms with Crippen molar-refractivity contribution in [2.75, 3.05) is 7.11 Å². The molecule has 0 unspecified atom stereocenters. The number of thiazole rings is 1. The van der Waals surface area contributed by atoms with Crippen molar-refractivity contribution < 1.29 is 4.74 Å². The highest BCUT2D eigenvalue weighted by molar-refractivity contribution is 7.09. The zero-order valence-corrected chi connectivity index (χ0v) is 7.23. The highest BCUT2D eigenvalue weighted by Gasteiger charge is 2.21. The van der Waals surface area contributed by atoms with Crippen LogP contribution in [0, 0.1) is 0 Å². The third-order valence-corrected chi connectivity index (χ3v) is 2.54. The Kier molecular flexibility index (Phi) is 2.06.